The molecular formula is C10H14N4O. The molecule has 0 spiro atoms. The molecule has 2 rings (SSSR count). The Morgan fingerprint density at radius 3 is 3.13 bits per heavy atom. The molecule has 0 aliphatic carbocycles. The average Bonchev–Trinajstić information content (AvgIpc) is 2.62. The van der Waals surface area contributed by atoms with Crippen LogP contribution in [-0.2, 0) is 4.79 Å². The van der Waals surface area contributed by atoms with Crippen LogP contribution in [0.1, 0.15) is 12.8 Å². The van der Waals surface area contributed by atoms with Crippen LogP contribution in [0.5, 0.6) is 0 Å². The fourth-order valence-electron chi connectivity index (χ4n) is 1.63. The minimum absolute atomic E-state index is 0.132. The second kappa shape index (κ2) is 4.16. The van der Waals surface area contributed by atoms with Gasteiger partial charge in [0, 0.05) is 25.2 Å². The maximum atomic E-state index is 10.9. The van der Waals surface area contributed by atoms with E-state index in [0.29, 0.717) is 12.1 Å². The number of aromatic nitrogens is 1. The minimum Gasteiger partial charge on any atom is -0.397 e. The van der Waals surface area contributed by atoms with E-state index in [1.165, 1.54) is 0 Å². The molecule has 15 heavy (non-hydrogen) atoms. The smallest absolute Gasteiger partial charge is 0.220 e. The molecule has 1 aromatic rings. The third kappa shape index (κ3) is 2.59. The molecule has 1 fully saturated rings. The van der Waals surface area contributed by atoms with Crippen LogP contribution in [0.25, 0.3) is 0 Å². The van der Waals surface area contributed by atoms with E-state index in [9.17, 15) is 4.79 Å². The predicted octanol–water partition coefficient (Wildman–Crippen LogP) is 0.354. The van der Waals surface area contributed by atoms with E-state index in [1.54, 1.807) is 12.4 Å². The predicted molar refractivity (Wildman–Crippen MR) is 58.3 cm³/mol. The quantitative estimate of drug-likeness (QED) is 0.667. The van der Waals surface area contributed by atoms with Crippen molar-refractivity contribution in [3.05, 3.63) is 18.5 Å². The maximum absolute atomic E-state index is 10.9. The third-order valence-corrected chi connectivity index (χ3v) is 2.40. The number of nitrogen functional groups attached to an aromatic ring is 1. The number of nitrogens with zero attached hydrogens (tertiary/aromatic N) is 1. The van der Waals surface area contributed by atoms with Crippen LogP contribution in [0.4, 0.5) is 11.4 Å². The van der Waals surface area contributed by atoms with E-state index in [2.05, 4.69) is 15.6 Å². The van der Waals surface area contributed by atoms with Gasteiger partial charge in [-0.1, -0.05) is 0 Å². The van der Waals surface area contributed by atoms with Gasteiger partial charge >= 0.3 is 0 Å². The number of anilines is 2. The summed E-state index contributed by atoms with van der Waals surface area (Å²) in [6.45, 7) is 0.719. The van der Waals surface area contributed by atoms with E-state index in [0.717, 1.165) is 18.7 Å². The molecule has 1 aliphatic rings. The number of carbonyl (C=O) groups excluding carboxylic acids is 1. The van der Waals surface area contributed by atoms with E-state index in [4.69, 9.17) is 5.73 Å². The zero-order valence-electron chi connectivity index (χ0n) is 8.36. The summed E-state index contributed by atoms with van der Waals surface area (Å²) in [4.78, 5) is 14.9. The Kier molecular flexibility index (Phi) is 2.71. The summed E-state index contributed by atoms with van der Waals surface area (Å²) in [5.74, 6) is 0.132. The van der Waals surface area contributed by atoms with Crippen molar-refractivity contribution in [1.82, 2.24) is 10.3 Å². The molecule has 1 saturated heterocycles. The first-order valence-electron chi connectivity index (χ1n) is 4.98. The molecule has 0 saturated carbocycles. The highest BCUT2D eigenvalue weighted by atomic mass is 16.1. The van der Waals surface area contributed by atoms with E-state index in [-0.39, 0.29) is 11.9 Å². The number of pyridine rings is 1. The van der Waals surface area contributed by atoms with Gasteiger partial charge in [-0.3, -0.25) is 9.78 Å². The van der Waals surface area contributed by atoms with Gasteiger partial charge in [-0.15, -0.1) is 0 Å². The topological polar surface area (TPSA) is 80.0 Å². The number of nitrogens with two attached hydrogens (primary N) is 1. The van der Waals surface area contributed by atoms with E-state index in [1.807, 2.05) is 6.07 Å². The molecule has 0 bridgehead atoms. The van der Waals surface area contributed by atoms with Crippen LogP contribution in [0.15, 0.2) is 18.5 Å². The summed E-state index contributed by atoms with van der Waals surface area (Å²) in [7, 11) is 0. The van der Waals surface area contributed by atoms with Crippen LogP contribution >= 0.6 is 0 Å². The molecule has 80 valence electrons. The molecule has 1 aliphatic heterocycles. The Bertz CT molecular complexity index is 366. The number of hydrogen-bond acceptors (Lipinski definition) is 4. The summed E-state index contributed by atoms with van der Waals surface area (Å²) in [5.41, 5.74) is 7.11. The molecule has 1 aromatic heterocycles. The fraction of sp³-hybridized carbons (Fsp3) is 0.400. The van der Waals surface area contributed by atoms with Crippen molar-refractivity contribution in [2.75, 3.05) is 17.6 Å². The Balaban J connectivity index is 1.85. The largest absolute Gasteiger partial charge is 0.397 e. The normalized spacial score (nSPS) is 20.0. The van der Waals surface area contributed by atoms with Crippen molar-refractivity contribution in [3.63, 3.8) is 0 Å². The first kappa shape index (κ1) is 9.76. The van der Waals surface area contributed by atoms with Crippen LogP contribution in [0.3, 0.4) is 0 Å². The Morgan fingerprint density at radius 1 is 1.60 bits per heavy atom. The molecule has 4 N–H and O–H groups in total. The van der Waals surface area contributed by atoms with Gasteiger partial charge in [-0.2, -0.15) is 0 Å². The van der Waals surface area contributed by atoms with Gasteiger partial charge in [0.1, 0.15) is 0 Å². The number of carbonyl (C=O) groups is 1. The third-order valence-electron chi connectivity index (χ3n) is 2.40. The Morgan fingerprint density at radius 2 is 2.47 bits per heavy atom. The maximum Gasteiger partial charge on any atom is 0.220 e. The molecule has 0 aromatic carbocycles. The van der Waals surface area contributed by atoms with Crippen LogP contribution < -0.4 is 16.4 Å². The summed E-state index contributed by atoms with van der Waals surface area (Å²) in [6, 6.07) is 2.04. The van der Waals surface area contributed by atoms with Crippen molar-refractivity contribution < 1.29 is 4.79 Å². The lowest BCUT2D eigenvalue weighted by atomic mass is 10.2. The van der Waals surface area contributed by atoms with Crippen LogP contribution in [0, 0.1) is 0 Å². The fourth-order valence-corrected chi connectivity index (χ4v) is 1.63. The molecule has 1 atom stereocenters. The van der Waals surface area contributed by atoms with Crippen LogP contribution in [0.2, 0.25) is 0 Å². The molecule has 5 nitrogen and oxygen atoms in total. The molecule has 5 heteroatoms. The van der Waals surface area contributed by atoms with E-state index < -0.39 is 0 Å². The molecular weight excluding hydrogens is 192 g/mol. The van der Waals surface area contributed by atoms with Gasteiger partial charge in [-0.25, -0.2) is 0 Å². The van der Waals surface area contributed by atoms with Gasteiger partial charge < -0.3 is 16.4 Å². The average molecular weight is 206 g/mol. The molecule has 1 amide bonds. The summed E-state index contributed by atoms with van der Waals surface area (Å²) < 4.78 is 0. The number of amides is 1. The zero-order valence-corrected chi connectivity index (χ0v) is 8.36. The van der Waals surface area contributed by atoms with Gasteiger partial charge in [0.05, 0.1) is 17.6 Å². The summed E-state index contributed by atoms with van der Waals surface area (Å²) in [5, 5.41) is 6.08. The number of rotatable bonds is 3. The SMILES string of the molecule is Nc1cncc(NCC2CCC(=O)N2)c1. The summed E-state index contributed by atoms with van der Waals surface area (Å²) in [6.07, 6.45) is 4.83. The second-order valence-corrected chi connectivity index (χ2v) is 3.69. The monoisotopic (exact) mass is 206 g/mol. The summed E-state index contributed by atoms with van der Waals surface area (Å²) >= 11 is 0. The second-order valence-electron chi connectivity index (χ2n) is 3.69. The number of nitrogens with one attached hydrogen (secondary N) is 2. The Hall–Kier alpha value is -1.78. The first-order valence-corrected chi connectivity index (χ1v) is 4.98. The zero-order chi connectivity index (χ0) is 10.7. The highest BCUT2D eigenvalue weighted by Crippen LogP contribution is 2.11. The van der Waals surface area contributed by atoms with Crippen LogP contribution in [-0.4, -0.2) is 23.5 Å². The van der Waals surface area contributed by atoms with Gasteiger partial charge in [0.15, 0.2) is 0 Å². The van der Waals surface area contributed by atoms with Crippen molar-refractivity contribution in [3.8, 4) is 0 Å². The lowest BCUT2D eigenvalue weighted by Gasteiger charge is -2.12. The van der Waals surface area contributed by atoms with Crippen molar-refractivity contribution in [1.29, 1.82) is 0 Å². The molecule has 2 heterocycles. The number of hydrogen-bond donors (Lipinski definition) is 3. The lowest BCUT2D eigenvalue weighted by molar-refractivity contribution is -0.119. The highest BCUT2D eigenvalue weighted by molar-refractivity contribution is 5.78. The highest BCUT2D eigenvalue weighted by Gasteiger charge is 2.19. The molecule has 1 unspecified atom stereocenters. The van der Waals surface area contributed by atoms with Crippen molar-refractivity contribution in [2.45, 2.75) is 18.9 Å². The Labute approximate surface area is 88.1 Å². The van der Waals surface area contributed by atoms with Crippen molar-refractivity contribution in [2.24, 2.45) is 0 Å². The van der Waals surface area contributed by atoms with Gasteiger partial charge in [-0.05, 0) is 12.5 Å². The lowest BCUT2D eigenvalue weighted by Crippen LogP contribution is -2.31. The van der Waals surface area contributed by atoms with Gasteiger partial charge in [0.2, 0.25) is 5.91 Å². The standard InChI is InChI=1S/C10H14N4O/c11-7-3-9(5-12-4-7)13-6-8-1-2-10(15)14-8/h3-5,8,13H,1-2,6,11H2,(H,14,15). The minimum atomic E-state index is 0.132. The van der Waals surface area contributed by atoms with Gasteiger partial charge in [0.25, 0.3) is 0 Å². The van der Waals surface area contributed by atoms with E-state index >= 15 is 0 Å². The molecule has 0 radical (unpaired) electrons. The van der Waals surface area contributed by atoms with Crippen molar-refractivity contribution >= 4 is 17.3 Å². The first-order chi connectivity index (χ1) is 7.24.